The van der Waals surface area contributed by atoms with Crippen molar-refractivity contribution in [3.05, 3.63) is 30.9 Å². The molecule has 3 heterocycles. The molecule has 0 saturated carbocycles. The molecule has 0 spiro atoms. The van der Waals surface area contributed by atoms with Crippen molar-refractivity contribution < 1.29 is 0 Å². The number of hydrogen-bond acceptors (Lipinski definition) is 2. The molecule has 4 nitrogen and oxygen atoms in total. The predicted octanol–water partition coefficient (Wildman–Crippen LogP) is 1.21. The molecule has 3 aromatic rings. The first-order valence-electron chi connectivity index (χ1n) is 3.70. The van der Waals surface area contributed by atoms with Gasteiger partial charge in [0.15, 0.2) is 11.3 Å². The Labute approximate surface area is 67.9 Å². The Morgan fingerprint density at radius 1 is 1.33 bits per heavy atom. The topological polar surface area (TPSA) is 46.0 Å². The third-order valence-electron chi connectivity index (χ3n) is 1.94. The molecule has 0 bridgehead atoms. The van der Waals surface area contributed by atoms with Gasteiger partial charge in [-0.1, -0.05) is 0 Å². The van der Waals surface area contributed by atoms with E-state index in [1.807, 2.05) is 22.9 Å². The third-order valence-corrected chi connectivity index (χ3v) is 1.94. The monoisotopic (exact) mass is 158 g/mol. The van der Waals surface area contributed by atoms with Crippen LogP contribution in [0.2, 0.25) is 0 Å². The fraction of sp³-hybridized carbons (Fsp3) is 0. The second-order valence-corrected chi connectivity index (χ2v) is 2.63. The summed E-state index contributed by atoms with van der Waals surface area (Å²) < 4.78 is 2.00. The van der Waals surface area contributed by atoms with Crippen LogP contribution < -0.4 is 0 Å². The third kappa shape index (κ3) is 0.567. The van der Waals surface area contributed by atoms with E-state index in [-0.39, 0.29) is 0 Å². The molecule has 58 valence electrons. The summed E-state index contributed by atoms with van der Waals surface area (Å²) >= 11 is 0. The van der Waals surface area contributed by atoms with Crippen molar-refractivity contribution in [1.29, 1.82) is 0 Å². The van der Waals surface area contributed by atoms with E-state index in [0.29, 0.717) is 0 Å². The summed E-state index contributed by atoms with van der Waals surface area (Å²) in [4.78, 5) is 11.4. The minimum Gasteiger partial charge on any atom is -0.345 e. The number of nitrogens with one attached hydrogen (secondary N) is 1. The minimum absolute atomic E-state index is 0.877. The van der Waals surface area contributed by atoms with Crippen LogP contribution in [0, 0.1) is 0 Å². The van der Waals surface area contributed by atoms with Crippen LogP contribution in [0.5, 0.6) is 0 Å². The Morgan fingerprint density at radius 2 is 2.33 bits per heavy atom. The summed E-state index contributed by atoms with van der Waals surface area (Å²) in [6.07, 6.45) is 7.31. The van der Waals surface area contributed by atoms with Crippen LogP contribution >= 0.6 is 0 Å². The summed E-state index contributed by atoms with van der Waals surface area (Å²) in [5, 5.41) is 0. The van der Waals surface area contributed by atoms with Crippen molar-refractivity contribution in [3.63, 3.8) is 0 Å². The van der Waals surface area contributed by atoms with Crippen LogP contribution in [0.3, 0.4) is 0 Å². The van der Waals surface area contributed by atoms with Gasteiger partial charge in [-0.25, -0.2) is 9.97 Å². The van der Waals surface area contributed by atoms with E-state index >= 15 is 0 Å². The van der Waals surface area contributed by atoms with Crippen molar-refractivity contribution in [2.45, 2.75) is 0 Å². The maximum Gasteiger partial charge on any atom is 0.155 e. The van der Waals surface area contributed by atoms with E-state index in [0.717, 1.165) is 16.8 Å². The molecule has 3 rings (SSSR count). The quantitative estimate of drug-likeness (QED) is 0.534. The Kier molecular flexibility index (Phi) is 0.889. The molecule has 0 atom stereocenters. The van der Waals surface area contributed by atoms with E-state index in [4.69, 9.17) is 0 Å². The van der Waals surface area contributed by atoms with E-state index in [1.165, 1.54) is 0 Å². The minimum atomic E-state index is 0.877. The lowest BCUT2D eigenvalue weighted by molar-refractivity contribution is 1.20. The molecule has 0 radical (unpaired) electrons. The van der Waals surface area contributed by atoms with Gasteiger partial charge in [-0.3, -0.25) is 4.40 Å². The second-order valence-electron chi connectivity index (χ2n) is 2.63. The van der Waals surface area contributed by atoms with Crippen molar-refractivity contribution in [3.8, 4) is 0 Å². The maximum atomic E-state index is 4.20. The van der Waals surface area contributed by atoms with Crippen molar-refractivity contribution in [2.24, 2.45) is 0 Å². The lowest BCUT2D eigenvalue weighted by atomic mass is 10.5. The van der Waals surface area contributed by atoms with Gasteiger partial charge in [0.1, 0.15) is 0 Å². The highest BCUT2D eigenvalue weighted by Gasteiger charge is 2.00. The Bertz CT molecular complexity index is 484. The zero-order valence-electron chi connectivity index (χ0n) is 6.23. The molecule has 0 amide bonds. The average molecular weight is 158 g/mol. The fourth-order valence-electron chi connectivity index (χ4n) is 1.39. The number of imidazole rings is 1. The average Bonchev–Trinajstić information content (AvgIpc) is 2.71. The van der Waals surface area contributed by atoms with Crippen LogP contribution in [0.4, 0.5) is 0 Å². The predicted molar refractivity (Wildman–Crippen MR) is 44.8 cm³/mol. The molecule has 12 heavy (non-hydrogen) atoms. The molecule has 0 saturated heterocycles. The van der Waals surface area contributed by atoms with Gasteiger partial charge in [-0.2, -0.15) is 0 Å². The fourth-order valence-corrected chi connectivity index (χ4v) is 1.39. The van der Waals surface area contributed by atoms with Crippen molar-refractivity contribution in [2.75, 3.05) is 0 Å². The summed E-state index contributed by atoms with van der Waals surface area (Å²) in [7, 11) is 0. The van der Waals surface area contributed by atoms with Crippen molar-refractivity contribution >= 4 is 16.8 Å². The molecule has 0 fully saturated rings. The Hall–Kier alpha value is -1.84. The first kappa shape index (κ1) is 5.77. The largest absolute Gasteiger partial charge is 0.345 e. The van der Waals surface area contributed by atoms with Crippen LogP contribution in [0.1, 0.15) is 0 Å². The molecule has 3 aromatic heterocycles. The van der Waals surface area contributed by atoms with E-state index in [9.17, 15) is 0 Å². The van der Waals surface area contributed by atoms with E-state index in [1.54, 1.807) is 12.4 Å². The highest BCUT2D eigenvalue weighted by Crippen LogP contribution is 2.10. The molecular formula is C8H6N4. The van der Waals surface area contributed by atoms with Crippen LogP contribution in [-0.2, 0) is 0 Å². The van der Waals surface area contributed by atoms with Crippen LogP contribution in [-0.4, -0.2) is 19.4 Å². The molecular weight excluding hydrogens is 152 g/mol. The first-order valence-corrected chi connectivity index (χ1v) is 3.70. The van der Waals surface area contributed by atoms with E-state index < -0.39 is 0 Å². The van der Waals surface area contributed by atoms with Crippen LogP contribution in [0.25, 0.3) is 16.8 Å². The van der Waals surface area contributed by atoms with Crippen LogP contribution in [0.15, 0.2) is 30.9 Å². The maximum absolute atomic E-state index is 4.20. The van der Waals surface area contributed by atoms with Gasteiger partial charge < -0.3 is 4.98 Å². The first-order chi connectivity index (χ1) is 5.95. The Balaban J connectivity index is 2.71. The van der Waals surface area contributed by atoms with Crippen molar-refractivity contribution in [1.82, 2.24) is 19.4 Å². The summed E-state index contributed by atoms with van der Waals surface area (Å²) in [6, 6.07) is 1.98. The zero-order chi connectivity index (χ0) is 7.97. The molecule has 0 aliphatic carbocycles. The van der Waals surface area contributed by atoms with Gasteiger partial charge in [0, 0.05) is 18.6 Å². The molecule has 0 aliphatic rings. The van der Waals surface area contributed by atoms with Gasteiger partial charge in [0.05, 0.1) is 11.7 Å². The molecule has 4 heteroatoms. The number of hydrogen-bond donors (Lipinski definition) is 1. The number of H-pyrrole nitrogens is 1. The van der Waals surface area contributed by atoms with Gasteiger partial charge in [-0.15, -0.1) is 0 Å². The SMILES string of the molecule is c1cn2c(cnc3[nH]ccc32)n1. The standard InChI is InChI=1S/C8H6N4/c1-2-10-8-6(1)12-4-3-9-7(12)5-11-8/h1-5,10H. The molecule has 0 aliphatic heterocycles. The number of fused-ring (bicyclic) bond motifs is 3. The molecule has 0 unspecified atom stereocenters. The van der Waals surface area contributed by atoms with Gasteiger partial charge in [0.25, 0.3) is 0 Å². The molecule has 0 aromatic carbocycles. The zero-order valence-corrected chi connectivity index (χ0v) is 6.23. The second kappa shape index (κ2) is 1.85. The highest BCUT2D eigenvalue weighted by atomic mass is 15.0. The van der Waals surface area contributed by atoms with E-state index in [2.05, 4.69) is 15.0 Å². The van der Waals surface area contributed by atoms with Gasteiger partial charge >= 0.3 is 0 Å². The normalized spacial score (nSPS) is 11.3. The summed E-state index contributed by atoms with van der Waals surface area (Å²) in [5.41, 5.74) is 2.83. The summed E-state index contributed by atoms with van der Waals surface area (Å²) in [6.45, 7) is 0. The number of nitrogens with zero attached hydrogens (tertiary/aromatic N) is 3. The Morgan fingerprint density at radius 3 is 3.33 bits per heavy atom. The van der Waals surface area contributed by atoms with Gasteiger partial charge in [-0.05, 0) is 6.07 Å². The number of aromatic amines is 1. The highest BCUT2D eigenvalue weighted by molar-refractivity contribution is 5.73. The lowest BCUT2D eigenvalue weighted by Gasteiger charge is -1.93. The number of rotatable bonds is 0. The summed E-state index contributed by atoms with van der Waals surface area (Å²) in [5.74, 6) is 0. The lowest BCUT2D eigenvalue weighted by Crippen LogP contribution is -1.86. The molecule has 1 N–H and O–H groups in total. The smallest absolute Gasteiger partial charge is 0.155 e. The number of aromatic nitrogens is 4. The van der Waals surface area contributed by atoms with Gasteiger partial charge in [0.2, 0.25) is 0 Å².